The Balaban J connectivity index is 1.39. The fourth-order valence-electron chi connectivity index (χ4n) is 4.32. The third-order valence-electron chi connectivity index (χ3n) is 6.02. The second kappa shape index (κ2) is 9.89. The minimum Gasteiger partial charge on any atom is -0.406 e. The minimum absolute atomic E-state index is 0.110. The van der Waals surface area contributed by atoms with E-state index < -0.39 is 6.36 Å². The van der Waals surface area contributed by atoms with E-state index in [9.17, 15) is 18.0 Å². The Morgan fingerprint density at radius 3 is 2.53 bits per heavy atom. The summed E-state index contributed by atoms with van der Waals surface area (Å²) in [6.07, 6.45) is -2.36. The number of nitrogens with one attached hydrogen (secondary N) is 1. The van der Waals surface area contributed by atoms with Gasteiger partial charge < -0.3 is 15.0 Å². The van der Waals surface area contributed by atoms with E-state index in [-0.39, 0.29) is 17.7 Å². The molecule has 1 atom stereocenters. The van der Waals surface area contributed by atoms with Crippen LogP contribution in [-0.2, 0) is 33.0 Å². The number of hydrogen-bond acceptors (Lipinski definition) is 4. The van der Waals surface area contributed by atoms with E-state index in [0.29, 0.717) is 25.2 Å². The normalized spacial score (nSPS) is 15.6. The summed E-state index contributed by atoms with van der Waals surface area (Å²) in [5.74, 6) is -0.349. The lowest BCUT2D eigenvalue weighted by atomic mass is 9.91. The predicted octanol–water partition coefficient (Wildman–Crippen LogP) is 4.24. The molecule has 9 heteroatoms. The number of aromatic nitrogens is 2. The largest absolute Gasteiger partial charge is 0.573 e. The van der Waals surface area contributed by atoms with Crippen LogP contribution in [0, 0.1) is 0 Å². The molecule has 0 spiro atoms. The van der Waals surface area contributed by atoms with Crippen LogP contribution in [0.3, 0.4) is 0 Å². The summed E-state index contributed by atoms with van der Waals surface area (Å²) in [5, 5.41) is 8.00. The Morgan fingerprint density at radius 1 is 1.15 bits per heavy atom. The number of amides is 1. The van der Waals surface area contributed by atoms with Crippen molar-refractivity contribution in [1.82, 2.24) is 20.0 Å². The zero-order valence-corrected chi connectivity index (χ0v) is 19.1. The number of alkyl halides is 3. The quantitative estimate of drug-likeness (QED) is 0.559. The molecular formula is C25H27F3N4O2. The zero-order chi connectivity index (χ0) is 24.3. The Labute approximate surface area is 196 Å². The molecule has 34 heavy (non-hydrogen) atoms. The van der Waals surface area contributed by atoms with Gasteiger partial charge in [-0.1, -0.05) is 42.5 Å². The molecule has 0 unspecified atom stereocenters. The molecule has 1 aliphatic carbocycles. The maximum Gasteiger partial charge on any atom is 0.573 e. The van der Waals surface area contributed by atoms with Crippen molar-refractivity contribution in [2.75, 3.05) is 7.05 Å². The average molecular weight is 473 g/mol. The molecule has 1 amide bonds. The lowest BCUT2D eigenvalue weighted by Gasteiger charge is -2.25. The number of halogens is 3. The molecule has 0 radical (unpaired) electrons. The average Bonchev–Trinajstić information content (AvgIpc) is 3.13. The topological polar surface area (TPSA) is 59.4 Å². The molecule has 1 aliphatic rings. The molecule has 180 valence electrons. The first-order valence-corrected chi connectivity index (χ1v) is 11.1. The van der Waals surface area contributed by atoms with Gasteiger partial charge in [-0.15, -0.1) is 13.2 Å². The summed E-state index contributed by atoms with van der Waals surface area (Å²) in [6, 6.07) is 15.8. The van der Waals surface area contributed by atoms with E-state index in [0.717, 1.165) is 35.2 Å². The molecule has 6 nitrogen and oxygen atoms in total. The van der Waals surface area contributed by atoms with Crippen molar-refractivity contribution in [3.05, 3.63) is 82.7 Å². The highest BCUT2D eigenvalue weighted by atomic mass is 19.4. The molecule has 0 fully saturated rings. The summed E-state index contributed by atoms with van der Waals surface area (Å²) < 4.78 is 42.7. The van der Waals surface area contributed by atoms with Crippen LogP contribution in [0.25, 0.3) is 0 Å². The summed E-state index contributed by atoms with van der Waals surface area (Å²) in [6.45, 7) is 1.00. The summed E-state index contributed by atoms with van der Waals surface area (Å²) in [7, 11) is 3.65. The lowest BCUT2D eigenvalue weighted by molar-refractivity contribution is -0.274. The van der Waals surface area contributed by atoms with Crippen LogP contribution < -0.4 is 10.1 Å². The first-order chi connectivity index (χ1) is 16.2. The highest BCUT2D eigenvalue weighted by Gasteiger charge is 2.31. The monoisotopic (exact) mass is 472 g/mol. The van der Waals surface area contributed by atoms with Gasteiger partial charge in [0.05, 0.1) is 0 Å². The summed E-state index contributed by atoms with van der Waals surface area (Å²) in [5.41, 5.74) is 4.42. The van der Waals surface area contributed by atoms with Crippen LogP contribution in [-0.4, -0.2) is 40.0 Å². The number of carbonyl (C=O) groups excluding carboxylic acids is 1. The van der Waals surface area contributed by atoms with Crippen LogP contribution in [0.4, 0.5) is 13.2 Å². The second-order valence-electron chi connectivity index (χ2n) is 8.56. The van der Waals surface area contributed by atoms with E-state index in [1.54, 1.807) is 28.8 Å². The Hall–Kier alpha value is -3.33. The Bertz CT molecular complexity index is 1130. The van der Waals surface area contributed by atoms with Gasteiger partial charge in [-0.2, -0.15) is 5.10 Å². The molecule has 1 N–H and O–H groups in total. The number of hydrogen-bond donors (Lipinski definition) is 1. The number of fused-ring (bicyclic) bond motifs is 1. The van der Waals surface area contributed by atoms with Gasteiger partial charge in [0.15, 0.2) is 5.69 Å². The van der Waals surface area contributed by atoms with Gasteiger partial charge in [-0.3, -0.25) is 9.48 Å². The maximum absolute atomic E-state index is 13.2. The highest BCUT2D eigenvalue weighted by molar-refractivity contribution is 5.94. The van der Waals surface area contributed by atoms with Crippen LogP contribution >= 0.6 is 0 Å². The molecule has 1 aromatic heterocycles. The van der Waals surface area contributed by atoms with Gasteiger partial charge in [-0.25, -0.2) is 0 Å². The van der Waals surface area contributed by atoms with E-state index >= 15 is 0 Å². The Morgan fingerprint density at radius 2 is 1.85 bits per heavy atom. The van der Waals surface area contributed by atoms with Crippen molar-refractivity contribution >= 4 is 5.91 Å². The fraction of sp³-hybridized carbons (Fsp3) is 0.360. The van der Waals surface area contributed by atoms with Gasteiger partial charge in [0.2, 0.25) is 0 Å². The second-order valence-corrected chi connectivity index (χ2v) is 8.56. The lowest BCUT2D eigenvalue weighted by Crippen LogP contribution is -2.35. The van der Waals surface area contributed by atoms with Crippen LogP contribution in [0.5, 0.6) is 5.75 Å². The highest BCUT2D eigenvalue weighted by Crippen LogP contribution is 2.26. The molecule has 0 aliphatic heterocycles. The van der Waals surface area contributed by atoms with E-state index in [4.69, 9.17) is 0 Å². The standard InChI is InChI=1S/C25H27F3N4O2/c1-31(16-18-6-4-3-5-7-18)24(33)23-21-14-19(10-13-22(21)32(2)30-23)29-15-17-8-11-20(12-9-17)34-25(26,27)28/h3-9,11-12,19,29H,10,13-16H2,1-2H3/t19-/m1/s1. The molecule has 0 bridgehead atoms. The van der Waals surface area contributed by atoms with Gasteiger partial charge in [0, 0.05) is 44.5 Å². The number of carbonyl (C=O) groups is 1. The fourth-order valence-corrected chi connectivity index (χ4v) is 4.32. The number of benzene rings is 2. The number of nitrogens with zero attached hydrogens (tertiary/aromatic N) is 3. The maximum atomic E-state index is 13.2. The van der Waals surface area contributed by atoms with Crippen LogP contribution in [0.1, 0.15) is 39.3 Å². The van der Waals surface area contributed by atoms with Crippen molar-refractivity contribution in [3.63, 3.8) is 0 Å². The van der Waals surface area contributed by atoms with Gasteiger partial charge in [0.1, 0.15) is 5.75 Å². The first kappa shape index (κ1) is 23.8. The molecule has 3 aromatic rings. The van der Waals surface area contributed by atoms with Crippen LogP contribution in [0.15, 0.2) is 54.6 Å². The number of aryl methyl sites for hydroxylation is 1. The van der Waals surface area contributed by atoms with E-state index in [1.807, 2.05) is 37.4 Å². The van der Waals surface area contributed by atoms with Crippen molar-refractivity contribution in [2.24, 2.45) is 7.05 Å². The molecule has 0 saturated heterocycles. The van der Waals surface area contributed by atoms with E-state index in [1.165, 1.54) is 12.1 Å². The predicted molar refractivity (Wildman–Crippen MR) is 121 cm³/mol. The van der Waals surface area contributed by atoms with Gasteiger partial charge in [0.25, 0.3) is 5.91 Å². The minimum atomic E-state index is -4.70. The zero-order valence-electron chi connectivity index (χ0n) is 19.1. The van der Waals surface area contributed by atoms with Crippen molar-refractivity contribution < 1.29 is 22.7 Å². The molecular weight excluding hydrogens is 445 g/mol. The first-order valence-electron chi connectivity index (χ1n) is 11.1. The van der Waals surface area contributed by atoms with Gasteiger partial charge in [-0.05, 0) is 42.5 Å². The third-order valence-corrected chi connectivity index (χ3v) is 6.02. The molecule has 4 rings (SSSR count). The Kier molecular flexibility index (Phi) is 6.92. The van der Waals surface area contributed by atoms with Crippen LogP contribution in [0.2, 0.25) is 0 Å². The molecule has 2 aromatic carbocycles. The number of ether oxygens (including phenoxy) is 1. The number of rotatable bonds is 7. The summed E-state index contributed by atoms with van der Waals surface area (Å²) >= 11 is 0. The van der Waals surface area contributed by atoms with Crippen molar-refractivity contribution in [1.29, 1.82) is 0 Å². The molecule has 1 heterocycles. The molecule has 0 saturated carbocycles. The van der Waals surface area contributed by atoms with E-state index in [2.05, 4.69) is 15.2 Å². The smallest absolute Gasteiger partial charge is 0.406 e. The van der Waals surface area contributed by atoms with Gasteiger partial charge >= 0.3 is 6.36 Å². The SMILES string of the molecule is CN(Cc1ccccc1)C(=O)c1nn(C)c2c1C[C@H](NCc1ccc(OC(F)(F)F)cc1)CC2. The van der Waals surface area contributed by atoms with Crippen molar-refractivity contribution in [2.45, 2.75) is 44.8 Å². The van der Waals surface area contributed by atoms with Crippen molar-refractivity contribution in [3.8, 4) is 5.75 Å². The third kappa shape index (κ3) is 5.77. The summed E-state index contributed by atoms with van der Waals surface area (Å²) in [4.78, 5) is 14.9.